The molecule has 0 aliphatic heterocycles. The number of hydrogen-bond acceptors (Lipinski definition) is 1. The van der Waals surface area contributed by atoms with Crippen LogP contribution in [0.3, 0.4) is 0 Å². The van der Waals surface area contributed by atoms with Crippen molar-refractivity contribution in [2.45, 2.75) is 39.0 Å². The van der Waals surface area contributed by atoms with Crippen LogP contribution in [0.2, 0.25) is 10.0 Å². The molecule has 1 nitrogen and oxygen atoms in total. The lowest BCUT2D eigenvalue weighted by Crippen LogP contribution is -1.95. The van der Waals surface area contributed by atoms with E-state index in [4.69, 9.17) is 39.5 Å². The average molecular weight is 308 g/mol. The Morgan fingerprint density at radius 3 is 2.61 bits per heavy atom. The molecule has 0 amide bonds. The van der Waals surface area contributed by atoms with E-state index in [1.807, 2.05) is 0 Å². The first-order chi connectivity index (χ1) is 8.67. The molecule has 0 aliphatic carbocycles. The van der Waals surface area contributed by atoms with E-state index in [1.165, 1.54) is 24.8 Å². The van der Waals surface area contributed by atoms with Crippen molar-refractivity contribution in [2.75, 3.05) is 0 Å². The van der Waals surface area contributed by atoms with Crippen molar-refractivity contribution >= 4 is 34.8 Å². The zero-order chi connectivity index (χ0) is 13.4. The van der Waals surface area contributed by atoms with Gasteiger partial charge in [0.25, 0.3) is 0 Å². The van der Waals surface area contributed by atoms with Crippen molar-refractivity contribution < 1.29 is 4.74 Å². The number of benzene rings is 1. The topological polar surface area (TPSA) is 9.23 Å². The van der Waals surface area contributed by atoms with E-state index < -0.39 is 0 Å². The summed E-state index contributed by atoms with van der Waals surface area (Å²) < 4.78 is 5.67. The third-order valence-corrected chi connectivity index (χ3v) is 3.31. The second-order valence-corrected chi connectivity index (χ2v) is 5.12. The molecular weight excluding hydrogens is 291 g/mol. The first-order valence-corrected chi connectivity index (χ1v) is 7.28. The van der Waals surface area contributed by atoms with Gasteiger partial charge in [-0.15, -0.1) is 0 Å². The molecule has 0 saturated carbocycles. The third kappa shape index (κ3) is 5.51. The van der Waals surface area contributed by atoms with Gasteiger partial charge in [0.15, 0.2) is 0 Å². The van der Waals surface area contributed by atoms with Gasteiger partial charge in [0.2, 0.25) is 0 Å². The van der Waals surface area contributed by atoms with Gasteiger partial charge in [0.1, 0.15) is 11.5 Å². The van der Waals surface area contributed by atoms with Crippen LogP contribution in [0.4, 0.5) is 0 Å². The van der Waals surface area contributed by atoms with Crippen molar-refractivity contribution in [1.29, 1.82) is 0 Å². The molecule has 0 aromatic heterocycles. The third-order valence-electron chi connectivity index (χ3n) is 2.53. The molecular formula is C14H17Cl3O. The molecule has 18 heavy (non-hydrogen) atoms. The maximum Gasteiger partial charge on any atom is 0.145 e. The fourth-order valence-electron chi connectivity index (χ4n) is 1.55. The van der Waals surface area contributed by atoms with Crippen LogP contribution in [-0.2, 0) is 0 Å². The Morgan fingerprint density at radius 2 is 2.00 bits per heavy atom. The largest absolute Gasteiger partial charge is 0.459 e. The summed E-state index contributed by atoms with van der Waals surface area (Å²) in [6.07, 6.45) is 5.52. The van der Waals surface area contributed by atoms with Gasteiger partial charge in [-0.3, -0.25) is 0 Å². The molecule has 0 unspecified atom stereocenters. The van der Waals surface area contributed by atoms with E-state index in [2.05, 4.69) is 6.92 Å². The molecule has 0 aliphatic rings. The lowest BCUT2D eigenvalue weighted by Gasteiger charge is -2.10. The standard InChI is InChI=1S/C14H17Cl3O/c1-2-3-4-5-6-12(10-15)18-14-8-7-11(16)9-13(14)17/h7-10H,2-6H2,1H3/b12-10+. The fourth-order valence-corrected chi connectivity index (χ4v) is 2.15. The smallest absolute Gasteiger partial charge is 0.145 e. The Kier molecular flexibility index (Phi) is 7.57. The Bertz CT molecular complexity index is 402. The van der Waals surface area contributed by atoms with E-state index >= 15 is 0 Å². The number of rotatable bonds is 7. The van der Waals surface area contributed by atoms with Gasteiger partial charge in [-0.05, 0) is 24.6 Å². The van der Waals surface area contributed by atoms with E-state index in [1.54, 1.807) is 18.2 Å². The van der Waals surface area contributed by atoms with Crippen LogP contribution in [0.25, 0.3) is 0 Å². The number of hydrogen-bond donors (Lipinski definition) is 0. The van der Waals surface area contributed by atoms with Gasteiger partial charge in [0, 0.05) is 17.0 Å². The number of ether oxygens (including phenoxy) is 1. The Labute approximate surface area is 124 Å². The molecule has 0 radical (unpaired) electrons. The van der Waals surface area contributed by atoms with Crippen molar-refractivity contribution in [3.8, 4) is 5.75 Å². The van der Waals surface area contributed by atoms with E-state index in [0.717, 1.165) is 18.6 Å². The van der Waals surface area contributed by atoms with Crippen LogP contribution < -0.4 is 4.74 Å². The lowest BCUT2D eigenvalue weighted by molar-refractivity contribution is 0.397. The summed E-state index contributed by atoms with van der Waals surface area (Å²) in [4.78, 5) is 0. The van der Waals surface area contributed by atoms with Gasteiger partial charge in [-0.2, -0.15) is 0 Å². The van der Waals surface area contributed by atoms with Crippen LogP contribution in [0.5, 0.6) is 5.75 Å². The van der Waals surface area contributed by atoms with Crippen molar-refractivity contribution in [3.63, 3.8) is 0 Å². The number of halogens is 3. The van der Waals surface area contributed by atoms with Gasteiger partial charge >= 0.3 is 0 Å². The minimum atomic E-state index is 0.493. The van der Waals surface area contributed by atoms with Crippen molar-refractivity contribution in [2.24, 2.45) is 0 Å². The SMILES string of the molecule is CCCCCC/C(=C\Cl)Oc1ccc(Cl)cc1Cl. The minimum Gasteiger partial charge on any atom is -0.459 e. The quantitative estimate of drug-likeness (QED) is 0.417. The molecule has 4 heteroatoms. The van der Waals surface area contributed by atoms with Crippen molar-refractivity contribution in [3.05, 3.63) is 39.5 Å². The highest BCUT2D eigenvalue weighted by Crippen LogP contribution is 2.30. The predicted molar refractivity (Wildman–Crippen MR) is 79.8 cm³/mol. The molecule has 0 bridgehead atoms. The molecule has 0 saturated heterocycles. The summed E-state index contributed by atoms with van der Waals surface area (Å²) >= 11 is 17.6. The Morgan fingerprint density at radius 1 is 1.22 bits per heavy atom. The van der Waals surface area contributed by atoms with E-state index in [-0.39, 0.29) is 0 Å². The maximum absolute atomic E-state index is 6.03. The Balaban J connectivity index is 2.52. The van der Waals surface area contributed by atoms with Crippen molar-refractivity contribution in [1.82, 2.24) is 0 Å². The zero-order valence-electron chi connectivity index (χ0n) is 10.4. The number of allylic oxidation sites excluding steroid dienone is 1. The molecule has 0 fully saturated rings. The van der Waals surface area contributed by atoms with Crippen LogP contribution in [0.1, 0.15) is 39.0 Å². The van der Waals surface area contributed by atoms with Crippen LogP contribution >= 0.6 is 34.8 Å². The molecule has 0 N–H and O–H groups in total. The van der Waals surface area contributed by atoms with E-state index in [0.29, 0.717) is 15.8 Å². The summed E-state index contributed by atoms with van der Waals surface area (Å²) in [5.41, 5.74) is 1.47. The lowest BCUT2D eigenvalue weighted by atomic mass is 10.1. The van der Waals surface area contributed by atoms with E-state index in [9.17, 15) is 0 Å². The normalized spacial score (nSPS) is 11.7. The van der Waals surface area contributed by atoms with Gasteiger partial charge < -0.3 is 4.74 Å². The molecule has 1 rings (SSSR count). The highest BCUT2D eigenvalue weighted by Gasteiger charge is 2.06. The summed E-state index contributed by atoms with van der Waals surface area (Å²) in [5, 5.41) is 1.08. The number of unbranched alkanes of at least 4 members (excludes halogenated alkanes) is 3. The second kappa shape index (κ2) is 8.68. The van der Waals surface area contributed by atoms with Gasteiger partial charge in [0.05, 0.1) is 5.02 Å². The molecule has 0 spiro atoms. The molecule has 1 aromatic carbocycles. The Hall–Kier alpha value is -0.370. The maximum atomic E-state index is 6.03. The fraction of sp³-hybridized carbons (Fsp3) is 0.429. The first kappa shape index (κ1) is 15.7. The summed E-state index contributed by atoms with van der Waals surface area (Å²) in [5.74, 6) is 1.32. The van der Waals surface area contributed by atoms with Crippen LogP contribution in [0.15, 0.2) is 29.5 Å². The summed E-state index contributed by atoms with van der Waals surface area (Å²) in [6.45, 7) is 2.18. The molecule has 0 heterocycles. The minimum absolute atomic E-state index is 0.493. The zero-order valence-corrected chi connectivity index (χ0v) is 12.7. The molecule has 1 aromatic rings. The van der Waals surface area contributed by atoms with Crippen LogP contribution in [-0.4, -0.2) is 0 Å². The molecule has 100 valence electrons. The monoisotopic (exact) mass is 306 g/mol. The second-order valence-electron chi connectivity index (χ2n) is 4.06. The summed E-state index contributed by atoms with van der Waals surface area (Å²) in [6, 6.07) is 5.14. The highest BCUT2D eigenvalue weighted by atomic mass is 35.5. The predicted octanol–water partition coefficient (Wildman–Crippen LogP) is 6.42. The van der Waals surface area contributed by atoms with Gasteiger partial charge in [-0.25, -0.2) is 0 Å². The highest BCUT2D eigenvalue weighted by molar-refractivity contribution is 6.35. The summed E-state index contributed by atoms with van der Waals surface area (Å²) in [7, 11) is 0. The van der Waals surface area contributed by atoms with Crippen LogP contribution in [0, 0.1) is 0 Å². The van der Waals surface area contributed by atoms with Gasteiger partial charge in [-0.1, -0.05) is 61.0 Å². The average Bonchev–Trinajstić information content (AvgIpc) is 2.35. The molecule has 0 atom stereocenters. The first-order valence-electron chi connectivity index (χ1n) is 6.09.